The molecule has 0 amide bonds. The highest BCUT2D eigenvalue weighted by Gasteiger charge is 2.61. The Morgan fingerprint density at radius 3 is 2.44 bits per heavy atom. The van der Waals surface area contributed by atoms with Gasteiger partial charge in [0, 0.05) is 24.9 Å². The molecule has 0 bridgehead atoms. The molecule has 4 aliphatic rings. The van der Waals surface area contributed by atoms with Crippen molar-refractivity contribution >= 4 is 12.6 Å². The number of hydrogen-bond donors (Lipinski definition) is 0. The monoisotopic (exact) mass is 442 g/mol. The summed E-state index contributed by atoms with van der Waals surface area (Å²) >= 11 is 0. The zero-order chi connectivity index (χ0) is 23.3. The van der Waals surface area contributed by atoms with Crippen LogP contribution >= 0.6 is 0 Å². The lowest BCUT2D eigenvalue weighted by atomic mass is 9.40. The maximum Gasteiger partial charge on any atom is 0.123 e. The van der Waals surface area contributed by atoms with E-state index in [1.54, 1.807) is 5.57 Å². The zero-order valence-electron chi connectivity index (χ0n) is 21.4. The first-order valence-electron chi connectivity index (χ1n) is 13.3. The van der Waals surface area contributed by atoms with Crippen LogP contribution in [0.25, 0.3) is 0 Å². The van der Waals surface area contributed by atoms with E-state index in [9.17, 15) is 9.59 Å². The van der Waals surface area contributed by atoms with Gasteiger partial charge in [-0.3, -0.25) is 0 Å². The Morgan fingerprint density at radius 1 is 1.06 bits per heavy atom. The molecule has 0 aliphatic heterocycles. The Morgan fingerprint density at radius 2 is 1.78 bits per heavy atom. The summed E-state index contributed by atoms with van der Waals surface area (Å²) in [6.07, 6.45) is 15.4. The van der Waals surface area contributed by atoms with Crippen LogP contribution in [0.3, 0.4) is 0 Å². The van der Waals surface area contributed by atoms with Crippen LogP contribution in [-0.2, 0) is 14.3 Å². The summed E-state index contributed by atoms with van der Waals surface area (Å²) in [7, 11) is 1.95. The van der Waals surface area contributed by atoms with E-state index < -0.39 is 0 Å². The first kappa shape index (κ1) is 24.2. The molecule has 180 valence electrons. The van der Waals surface area contributed by atoms with Crippen LogP contribution in [-0.4, -0.2) is 25.3 Å². The molecule has 10 atom stereocenters. The number of ether oxygens (including phenoxy) is 1. The van der Waals surface area contributed by atoms with Crippen LogP contribution in [0.4, 0.5) is 0 Å². The summed E-state index contributed by atoms with van der Waals surface area (Å²) in [5.41, 5.74) is 2.03. The van der Waals surface area contributed by atoms with Gasteiger partial charge in [-0.05, 0) is 92.3 Å². The molecule has 4 rings (SSSR count). The van der Waals surface area contributed by atoms with Gasteiger partial charge in [-0.2, -0.15) is 0 Å². The van der Waals surface area contributed by atoms with E-state index in [0.717, 1.165) is 37.8 Å². The fraction of sp³-hybridized carbons (Fsp3) is 0.862. The topological polar surface area (TPSA) is 43.4 Å². The Hall–Kier alpha value is -0.960. The van der Waals surface area contributed by atoms with Crippen LogP contribution in [0.15, 0.2) is 11.6 Å². The van der Waals surface area contributed by atoms with Gasteiger partial charge in [0.1, 0.15) is 12.6 Å². The molecule has 0 N–H and O–H groups in total. The second kappa shape index (κ2) is 8.67. The van der Waals surface area contributed by atoms with E-state index in [2.05, 4.69) is 40.7 Å². The van der Waals surface area contributed by atoms with E-state index in [4.69, 9.17) is 4.74 Å². The minimum absolute atomic E-state index is 0.0192. The summed E-state index contributed by atoms with van der Waals surface area (Å²) in [6.45, 7) is 11.6. The zero-order valence-corrected chi connectivity index (χ0v) is 21.4. The molecule has 3 nitrogen and oxygen atoms in total. The Bertz CT molecular complexity index is 758. The van der Waals surface area contributed by atoms with Gasteiger partial charge in [0.05, 0.1) is 5.60 Å². The van der Waals surface area contributed by atoms with E-state index in [1.807, 2.05) is 7.11 Å². The standard InChI is InChI=1S/C29H46O3/c1-19-9-13-29(32-6)14-11-24-22(25(29)15-19)7-8-26-27(24,4)12-10-23(21(3)18-31)28(26,5)16-20(2)17-30/h7,17-21,23-26H,8-16H2,1-6H3. The van der Waals surface area contributed by atoms with E-state index in [0.29, 0.717) is 23.7 Å². The molecule has 32 heavy (non-hydrogen) atoms. The fourth-order valence-corrected chi connectivity index (χ4v) is 9.46. The number of hydrogen-bond acceptors (Lipinski definition) is 3. The average Bonchev–Trinajstić information content (AvgIpc) is 2.78. The lowest BCUT2D eigenvalue weighted by Gasteiger charge is -2.65. The highest BCUT2D eigenvalue weighted by Crippen LogP contribution is 2.68. The Kier molecular flexibility index (Phi) is 6.55. The number of rotatable bonds is 6. The molecule has 3 saturated carbocycles. The highest BCUT2D eigenvalue weighted by atomic mass is 16.5. The molecule has 0 radical (unpaired) electrons. The Balaban J connectivity index is 1.74. The third-order valence-corrected chi connectivity index (χ3v) is 11.1. The molecule has 0 heterocycles. The molecule has 0 spiro atoms. The van der Waals surface area contributed by atoms with Crippen LogP contribution in [0, 0.1) is 52.3 Å². The third-order valence-electron chi connectivity index (χ3n) is 11.1. The van der Waals surface area contributed by atoms with Crippen molar-refractivity contribution in [3.8, 4) is 0 Å². The summed E-state index contributed by atoms with van der Waals surface area (Å²) in [5.74, 6) is 2.96. The van der Waals surface area contributed by atoms with E-state index in [1.165, 1.54) is 38.5 Å². The maximum absolute atomic E-state index is 11.9. The second-order valence-corrected chi connectivity index (χ2v) is 12.8. The summed E-state index contributed by atoms with van der Waals surface area (Å²) in [6, 6.07) is 0. The van der Waals surface area contributed by atoms with Gasteiger partial charge in [-0.15, -0.1) is 0 Å². The maximum atomic E-state index is 11.9. The van der Waals surface area contributed by atoms with Crippen molar-refractivity contribution in [1.29, 1.82) is 0 Å². The molecular formula is C29H46O3. The summed E-state index contributed by atoms with van der Waals surface area (Å²) < 4.78 is 6.30. The van der Waals surface area contributed by atoms with Gasteiger partial charge < -0.3 is 14.3 Å². The molecule has 0 aromatic heterocycles. The van der Waals surface area contributed by atoms with Crippen LogP contribution in [0.2, 0.25) is 0 Å². The van der Waals surface area contributed by atoms with Crippen LogP contribution in [0.1, 0.15) is 92.4 Å². The van der Waals surface area contributed by atoms with Gasteiger partial charge in [0.2, 0.25) is 0 Å². The lowest BCUT2D eigenvalue weighted by molar-refractivity contribution is -0.151. The molecule has 3 fully saturated rings. The van der Waals surface area contributed by atoms with Gasteiger partial charge in [-0.25, -0.2) is 0 Å². The van der Waals surface area contributed by atoms with Gasteiger partial charge in [0.15, 0.2) is 0 Å². The largest absolute Gasteiger partial charge is 0.378 e. The number of methoxy groups -OCH3 is 1. The van der Waals surface area contributed by atoms with Gasteiger partial charge in [0.25, 0.3) is 0 Å². The SMILES string of the molecule is COC12CCC(C)CC1C1=CCC3C(C)(CCC(C(C)C=O)C3(C)CC(C)C=O)C1CC2. The normalized spacial score (nSPS) is 47.8. The minimum Gasteiger partial charge on any atom is -0.378 e. The number of allylic oxidation sites excluding steroid dienone is 1. The molecule has 0 aromatic rings. The predicted molar refractivity (Wildman–Crippen MR) is 129 cm³/mol. The van der Waals surface area contributed by atoms with E-state index >= 15 is 0 Å². The second-order valence-electron chi connectivity index (χ2n) is 12.8. The Labute approximate surface area is 196 Å². The molecule has 0 aromatic carbocycles. The third kappa shape index (κ3) is 3.56. The first-order valence-corrected chi connectivity index (χ1v) is 13.3. The van der Waals surface area contributed by atoms with Crippen molar-refractivity contribution < 1.29 is 14.3 Å². The molecule has 4 aliphatic carbocycles. The summed E-state index contributed by atoms with van der Waals surface area (Å²) in [5, 5.41) is 0. The molecule has 10 unspecified atom stereocenters. The van der Waals surface area contributed by atoms with Crippen molar-refractivity contribution in [2.45, 2.75) is 98.0 Å². The van der Waals surface area contributed by atoms with Crippen molar-refractivity contribution in [2.24, 2.45) is 52.3 Å². The number of carbonyl (C=O) groups is 2. The highest BCUT2D eigenvalue weighted by molar-refractivity contribution is 5.55. The van der Waals surface area contributed by atoms with Crippen molar-refractivity contribution in [3.63, 3.8) is 0 Å². The van der Waals surface area contributed by atoms with Crippen LogP contribution in [0.5, 0.6) is 0 Å². The predicted octanol–water partition coefficient (Wildman–Crippen LogP) is 6.65. The van der Waals surface area contributed by atoms with Gasteiger partial charge >= 0.3 is 0 Å². The van der Waals surface area contributed by atoms with Crippen LogP contribution < -0.4 is 0 Å². The average molecular weight is 443 g/mol. The number of fused-ring (bicyclic) bond motifs is 5. The van der Waals surface area contributed by atoms with Crippen molar-refractivity contribution in [3.05, 3.63) is 11.6 Å². The number of carbonyl (C=O) groups excluding carboxylic acids is 2. The quantitative estimate of drug-likeness (QED) is 0.342. The summed E-state index contributed by atoms with van der Waals surface area (Å²) in [4.78, 5) is 23.6. The van der Waals surface area contributed by atoms with E-state index in [-0.39, 0.29) is 28.3 Å². The minimum atomic E-state index is 0.0192. The lowest BCUT2D eigenvalue weighted by Crippen LogP contribution is -2.59. The molecule has 3 heteroatoms. The number of aldehydes is 2. The first-order chi connectivity index (χ1) is 15.1. The molecular weight excluding hydrogens is 396 g/mol. The molecule has 0 saturated heterocycles. The van der Waals surface area contributed by atoms with Crippen molar-refractivity contribution in [1.82, 2.24) is 0 Å². The van der Waals surface area contributed by atoms with Crippen molar-refractivity contribution in [2.75, 3.05) is 7.11 Å². The smallest absolute Gasteiger partial charge is 0.123 e. The fourth-order valence-electron chi connectivity index (χ4n) is 9.46. The van der Waals surface area contributed by atoms with Gasteiger partial charge in [-0.1, -0.05) is 46.3 Å².